The van der Waals surface area contributed by atoms with Crippen molar-refractivity contribution in [2.24, 2.45) is 5.92 Å². The zero-order valence-electron chi connectivity index (χ0n) is 9.50. The van der Waals surface area contributed by atoms with Crippen LogP contribution in [0.1, 0.15) is 23.7 Å². The molecule has 1 rings (SSSR count). The van der Waals surface area contributed by atoms with Crippen LogP contribution < -0.4 is 0 Å². The van der Waals surface area contributed by atoms with Crippen LogP contribution in [0.5, 0.6) is 0 Å². The van der Waals surface area contributed by atoms with Crippen molar-refractivity contribution in [1.29, 1.82) is 0 Å². The normalized spacial score (nSPS) is 12.0. The minimum absolute atomic E-state index is 0.289. The Kier molecular flexibility index (Phi) is 4.97. The quantitative estimate of drug-likeness (QED) is 0.480. The van der Waals surface area contributed by atoms with Gasteiger partial charge in [0, 0.05) is 5.56 Å². The van der Waals surface area contributed by atoms with Crippen LogP contribution in [0.15, 0.2) is 18.2 Å². The summed E-state index contributed by atoms with van der Waals surface area (Å²) in [4.78, 5) is 23.4. The minimum atomic E-state index is -0.794. The van der Waals surface area contributed by atoms with Gasteiger partial charge < -0.3 is 4.74 Å². The first kappa shape index (κ1) is 14.0. The van der Waals surface area contributed by atoms with Crippen LogP contribution in [0.2, 0.25) is 10.0 Å². The lowest BCUT2D eigenvalue weighted by Crippen LogP contribution is -2.24. The Labute approximate surface area is 110 Å². The summed E-state index contributed by atoms with van der Waals surface area (Å²) in [5, 5.41) is 0.659. The number of carbonyl (C=O) groups excluding carboxylic acids is 2. The zero-order valence-corrected chi connectivity index (χ0v) is 11.0. The molecule has 1 unspecified atom stereocenters. The van der Waals surface area contributed by atoms with E-state index in [0.29, 0.717) is 17.0 Å². The SMILES string of the molecule is CCC(C(=O)OC)C(=O)c1ccc(Cl)c(Cl)c1. The molecule has 0 radical (unpaired) electrons. The van der Waals surface area contributed by atoms with Crippen molar-refractivity contribution in [2.45, 2.75) is 13.3 Å². The van der Waals surface area contributed by atoms with E-state index >= 15 is 0 Å². The van der Waals surface area contributed by atoms with Gasteiger partial charge in [-0.25, -0.2) is 0 Å². The van der Waals surface area contributed by atoms with Gasteiger partial charge in [0.1, 0.15) is 5.92 Å². The van der Waals surface area contributed by atoms with E-state index < -0.39 is 11.9 Å². The number of carbonyl (C=O) groups is 2. The lowest BCUT2D eigenvalue weighted by atomic mass is 9.95. The van der Waals surface area contributed by atoms with Gasteiger partial charge in [0.05, 0.1) is 17.2 Å². The molecule has 92 valence electrons. The van der Waals surface area contributed by atoms with E-state index in [4.69, 9.17) is 23.2 Å². The van der Waals surface area contributed by atoms with Gasteiger partial charge in [0.25, 0.3) is 0 Å². The number of Topliss-reactive ketones (excluding diaryl/α,β-unsaturated/α-hetero) is 1. The zero-order chi connectivity index (χ0) is 13.0. The summed E-state index contributed by atoms with van der Waals surface area (Å²) in [6, 6.07) is 4.53. The van der Waals surface area contributed by atoms with Crippen molar-refractivity contribution in [3.63, 3.8) is 0 Å². The summed E-state index contributed by atoms with van der Waals surface area (Å²) in [5.41, 5.74) is 0.358. The molecule has 0 aliphatic carbocycles. The van der Waals surface area contributed by atoms with Crippen LogP contribution in [0.25, 0.3) is 0 Å². The molecular weight excluding hydrogens is 263 g/mol. The highest BCUT2D eigenvalue weighted by Crippen LogP contribution is 2.24. The average molecular weight is 275 g/mol. The molecule has 0 aliphatic heterocycles. The van der Waals surface area contributed by atoms with E-state index in [2.05, 4.69) is 4.74 Å². The van der Waals surface area contributed by atoms with Crippen LogP contribution in [0, 0.1) is 5.92 Å². The first-order valence-corrected chi connectivity index (χ1v) is 5.84. The van der Waals surface area contributed by atoms with Gasteiger partial charge in [0.2, 0.25) is 0 Å². The fourth-order valence-electron chi connectivity index (χ4n) is 1.45. The number of esters is 1. The van der Waals surface area contributed by atoms with Crippen molar-refractivity contribution >= 4 is 35.0 Å². The van der Waals surface area contributed by atoms with Crippen LogP contribution in [-0.2, 0) is 9.53 Å². The Balaban J connectivity index is 3.02. The van der Waals surface area contributed by atoms with Crippen molar-refractivity contribution in [3.8, 4) is 0 Å². The first-order chi connectivity index (χ1) is 8.01. The Bertz CT molecular complexity index is 443. The summed E-state index contributed by atoms with van der Waals surface area (Å²) in [7, 11) is 1.26. The van der Waals surface area contributed by atoms with Crippen LogP contribution >= 0.6 is 23.2 Å². The molecule has 5 heteroatoms. The molecule has 0 N–H and O–H groups in total. The molecule has 0 bridgehead atoms. The van der Waals surface area contributed by atoms with Crippen molar-refractivity contribution in [2.75, 3.05) is 7.11 Å². The Morgan fingerprint density at radius 2 is 1.94 bits per heavy atom. The third-order valence-corrected chi connectivity index (χ3v) is 3.15. The second kappa shape index (κ2) is 6.03. The van der Waals surface area contributed by atoms with Crippen molar-refractivity contribution in [1.82, 2.24) is 0 Å². The molecule has 0 aromatic heterocycles. The van der Waals surface area contributed by atoms with Gasteiger partial charge in [-0.3, -0.25) is 9.59 Å². The van der Waals surface area contributed by atoms with Gasteiger partial charge in [-0.1, -0.05) is 30.1 Å². The number of hydrogen-bond acceptors (Lipinski definition) is 3. The van der Waals surface area contributed by atoms with Gasteiger partial charge in [0.15, 0.2) is 5.78 Å². The number of benzene rings is 1. The number of ketones is 1. The molecule has 0 fully saturated rings. The van der Waals surface area contributed by atoms with Crippen LogP contribution in [0.3, 0.4) is 0 Å². The second-order valence-electron chi connectivity index (χ2n) is 3.48. The van der Waals surface area contributed by atoms with Gasteiger partial charge >= 0.3 is 5.97 Å². The molecule has 0 saturated heterocycles. The number of hydrogen-bond donors (Lipinski definition) is 0. The lowest BCUT2D eigenvalue weighted by Gasteiger charge is -2.11. The molecule has 0 amide bonds. The second-order valence-corrected chi connectivity index (χ2v) is 4.29. The minimum Gasteiger partial charge on any atom is -0.468 e. The average Bonchev–Trinajstić information content (AvgIpc) is 2.33. The Morgan fingerprint density at radius 3 is 2.41 bits per heavy atom. The van der Waals surface area contributed by atoms with Crippen LogP contribution in [0.4, 0.5) is 0 Å². The molecule has 0 aliphatic rings. The molecule has 17 heavy (non-hydrogen) atoms. The first-order valence-electron chi connectivity index (χ1n) is 5.08. The summed E-state index contributed by atoms with van der Waals surface area (Å²) in [6.45, 7) is 1.75. The summed E-state index contributed by atoms with van der Waals surface area (Å²) >= 11 is 11.6. The Morgan fingerprint density at radius 1 is 1.29 bits per heavy atom. The third-order valence-electron chi connectivity index (χ3n) is 2.41. The molecule has 0 saturated carbocycles. The molecule has 1 aromatic carbocycles. The monoisotopic (exact) mass is 274 g/mol. The molecule has 0 heterocycles. The number of halogens is 2. The molecule has 1 atom stereocenters. The predicted molar refractivity (Wildman–Crippen MR) is 66.6 cm³/mol. The number of rotatable bonds is 4. The number of ether oxygens (including phenoxy) is 1. The highest BCUT2D eigenvalue weighted by molar-refractivity contribution is 6.42. The predicted octanol–water partition coefficient (Wildman–Crippen LogP) is 3.38. The summed E-state index contributed by atoms with van der Waals surface area (Å²) in [6.07, 6.45) is 0.381. The Hall–Kier alpha value is -1.06. The third kappa shape index (κ3) is 3.20. The molecule has 3 nitrogen and oxygen atoms in total. The summed E-state index contributed by atoms with van der Waals surface area (Å²) < 4.78 is 4.58. The van der Waals surface area contributed by atoms with Crippen molar-refractivity contribution < 1.29 is 14.3 Å². The molecule has 1 aromatic rings. The van der Waals surface area contributed by atoms with Gasteiger partial charge in [-0.2, -0.15) is 0 Å². The standard InChI is InChI=1S/C12H12Cl2O3/c1-3-8(12(16)17-2)11(15)7-4-5-9(13)10(14)6-7/h4-6,8H,3H2,1-2H3. The van der Waals surface area contributed by atoms with Crippen molar-refractivity contribution in [3.05, 3.63) is 33.8 Å². The smallest absolute Gasteiger partial charge is 0.316 e. The molecule has 0 spiro atoms. The van der Waals surface area contributed by atoms with E-state index in [1.165, 1.54) is 19.2 Å². The largest absolute Gasteiger partial charge is 0.468 e. The van der Waals surface area contributed by atoms with Gasteiger partial charge in [-0.15, -0.1) is 0 Å². The lowest BCUT2D eigenvalue weighted by molar-refractivity contribution is -0.143. The highest BCUT2D eigenvalue weighted by atomic mass is 35.5. The maximum atomic E-state index is 12.0. The van der Waals surface area contributed by atoms with E-state index in [1.54, 1.807) is 13.0 Å². The van der Waals surface area contributed by atoms with E-state index in [0.717, 1.165) is 0 Å². The maximum absolute atomic E-state index is 12.0. The fraction of sp³-hybridized carbons (Fsp3) is 0.333. The van der Waals surface area contributed by atoms with Gasteiger partial charge in [-0.05, 0) is 24.6 Å². The topological polar surface area (TPSA) is 43.4 Å². The van der Waals surface area contributed by atoms with Crippen LogP contribution in [-0.4, -0.2) is 18.9 Å². The fourth-order valence-corrected chi connectivity index (χ4v) is 1.75. The summed E-state index contributed by atoms with van der Waals surface area (Å²) in [5.74, 6) is -1.64. The van der Waals surface area contributed by atoms with E-state index in [9.17, 15) is 9.59 Å². The van der Waals surface area contributed by atoms with E-state index in [1.807, 2.05) is 0 Å². The highest BCUT2D eigenvalue weighted by Gasteiger charge is 2.26. The number of methoxy groups -OCH3 is 1. The maximum Gasteiger partial charge on any atom is 0.316 e. The van der Waals surface area contributed by atoms with E-state index in [-0.39, 0.29) is 10.8 Å². The molecular formula is C12H12Cl2O3.